The Morgan fingerprint density at radius 1 is 1.48 bits per heavy atom. The van der Waals surface area contributed by atoms with Gasteiger partial charge in [0.05, 0.1) is 12.1 Å². The van der Waals surface area contributed by atoms with E-state index >= 15 is 0 Å². The number of rotatable bonds is 5. The molecule has 1 amide bonds. The number of thiophene rings is 1. The Balaban J connectivity index is 1.78. The van der Waals surface area contributed by atoms with Crippen LogP contribution in [0.4, 0.5) is 0 Å². The van der Waals surface area contributed by atoms with E-state index in [1.165, 1.54) is 17.7 Å². The molecular weight excluding hydrogens is 280 g/mol. The molecule has 0 aromatic carbocycles. The van der Waals surface area contributed by atoms with Gasteiger partial charge in [-0.3, -0.25) is 4.79 Å². The summed E-state index contributed by atoms with van der Waals surface area (Å²) in [6.07, 6.45) is 2.50. The zero-order valence-electron chi connectivity index (χ0n) is 12.8. The highest BCUT2D eigenvalue weighted by Crippen LogP contribution is 2.32. The van der Waals surface area contributed by atoms with Gasteiger partial charge in [0.2, 0.25) is 0 Å². The van der Waals surface area contributed by atoms with E-state index in [0.717, 1.165) is 23.5 Å². The van der Waals surface area contributed by atoms with Crippen LogP contribution in [0.1, 0.15) is 46.4 Å². The third-order valence-electron chi connectivity index (χ3n) is 4.40. The Labute approximate surface area is 130 Å². The Morgan fingerprint density at radius 3 is 2.86 bits per heavy atom. The summed E-state index contributed by atoms with van der Waals surface area (Å²) in [6.45, 7) is 7.07. The molecule has 1 aliphatic carbocycles. The normalized spacial score (nSPS) is 16.0. The first kappa shape index (κ1) is 14.4. The molecule has 0 saturated heterocycles. The topological polar surface area (TPSA) is 34.0 Å². The molecule has 3 rings (SSSR count). The van der Waals surface area contributed by atoms with E-state index in [1.54, 1.807) is 11.3 Å². The molecule has 2 aromatic rings. The van der Waals surface area contributed by atoms with Gasteiger partial charge < -0.3 is 9.88 Å². The fourth-order valence-electron chi connectivity index (χ4n) is 2.83. The predicted octanol–water partition coefficient (Wildman–Crippen LogP) is 3.74. The van der Waals surface area contributed by atoms with Crippen molar-refractivity contribution in [3.63, 3.8) is 0 Å². The Kier molecular flexibility index (Phi) is 3.89. The lowest BCUT2D eigenvalue weighted by Gasteiger charge is -2.13. The third-order valence-corrected chi connectivity index (χ3v) is 5.26. The van der Waals surface area contributed by atoms with Crippen LogP contribution in [0.5, 0.6) is 0 Å². The molecule has 2 aromatic heterocycles. The van der Waals surface area contributed by atoms with Crippen LogP contribution >= 0.6 is 11.3 Å². The lowest BCUT2D eigenvalue weighted by atomic mass is 10.2. The molecule has 0 unspecified atom stereocenters. The standard InChI is InChI=1S/C17H22N2OS/c1-11-9-16(17(20)18-12(2)14-6-7-14)13(3)19(11)10-15-5-4-8-21-15/h4-5,8-9,12,14H,6-7,10H2,1-3H3,(H,18,20)/t12-/m0/s1. The third kappa shape index (κ3) is 3.05. The molecule has 0 radical (unpaired) electrons. The molecule has 4 heteroatoms. The van der Waals surface area contributed by atoms with Gasteiger partial charge in [-0.15, -0.1) is 11.3 Å². The first-order valence-electron chi connectivity index (χ1n) is 7.56. The number of aromatic nitrogens is 1. The van der Waals surface area contributed by atoms with Gasteiger partial charge in [0, 0.05) is 22.3 Å². The van der Waals surface area contributed by atoms with Crippen molar-refractivity contribution in [1.29, 1.82) is 0 Å². The van der Waals surface area contributed by atoms with E-state index < -0.39 is 0 Å². The highest BCUT2D eigenvalue weighted by molar-refractivity contribution is 7.09. The van der Waals surface area contributed by atoms with Gasteiger partial charge in [0.15, 0.2) is 0 Å². The molecule has 1 saturated carbocycles. The highest BCUT2D eigenvalue weighted by Gasteiger charge is 2.29. The van der Waals surface area contributed by atoms with Gasteiger partial charge in [-0.2, -0.15) is 0 Å². The maximum Gasteiger partial charge on any atom is 0.253 e. The van der Waals surface area contributed by atoms with Crippen molar-refractivity contribution in [2.45, 2.75) is 46.2 Å². The van der Waals surface area contributed by atoms with E-state index in [9.17, 15) is 4.79 Å². The first-order valence-corrected chi connectivity index (χ1v) is 8.44. The minimum Gasteiger partial charge on any atom is -0.349 e. The number of carbonyl (C=O) groups excluding carboxylic acids is 1. The summed E-state index contributed by atoms with van der Waals surface area (Å²) in [6, 6.07) is 6.51. The molecule has 112 valence electrons. The molecule has 2 heterocycles. The average Bonchev–Trinajstić information content (AvgIpc) is 3.11. The zero-order chi connectivity index (χ0) is 15.0. The molecule has 21 heavy (non-hydrogen) atoms. The maximum atomic E-state index is 12.5. The van der Waals surface area contributed by atoms with Crippen molar-refractivity contribution in [3.05, 3.63) is 45.4 Å². The van der Waals surface area contributed by atoms with Crippen molar-refractivity contribution in [2.75, 3.05) is 0 Å². The fourth-order valence-corrected chi connectivity index (χ4v) is 3.52. The molecule has 1 aliphatic rings. The van der Waals surface area contributed by atoms with Crippen LogP contribution in [0.2, 0.25) is 0 Å². The van der Waals surface area contributed by atoms with Crippen molar-refractivity contribution >= 4 is 17.2 Å². The van der Waals surface area contributed by atoms with Gasteiger partial charge >= 0.3 is 0 Å². The Hall–Kier alpha value is -1.55. The molecule has 0 bridgehead atoms. The number of nitrogens with zero attached hydrogens (tertiary/aromatic N) is 1. The van der Waals surface area contributed by atoms with Crippen LogP contribution < -0.4 is 5.32 Å². The molecule has 1 atom stereocenters. The van der Waals surface area contributed by atoms with Crippen LogP contribution in [0.15, 0.2) is 23.6 Å². The van der Waals surface area contributed by atoms with Gasteiger partial charge in [-0.05, 0) is 57.0 Å². The highest BCUT2D eigenvalue weighted by atomic mass is 32.1. The van der Waals surface area contributed by atoms with Crippen LogP contribution in [0, 0.1) is 19.8 Å². The van der Waals surface area contributed by atoms with E-state index in [1.807, 2.05) is 13.0 Å². The summed E-state index contributed by atoms with van der Waals surface area (Å²) in [4.78, 5) is 13.8. The van der Waals surface area contributed by atoms with Gasteiger partial charge in [-0.25, -0.2) is 0 Å². The van der Waals surface area contributed by atoms with E-state index in [4.69, 9.17) is 0 Å². The first-order chi connectivity index (χ1) is 10.1. The van der Waals surface area contributed by atoms with Gasteiger partial charge in [-0.1, -0.05) is 6.07 Å². The van der Waals surface area contributed by atoms with Gasteiger partial charge in [0.1, 0.15) is 0 Å². The number of carbonyl (C=O) groups is 1. The van der Waals surface area contributed by atoms with Crippen molar-refractivity contribution in [1.82, 2.24) is 9.88 Å². The van der Waals surface area contributed by atoms with Crippen LogP contribution in [0.3, 0.4) is 0 Å². The lowest BCUT2D eigenvalue weighted by Crippen LogP contribution is -2.34. The SMILES string of the molecule is Cc1cc(C(=O)N[C@@H](C)C2CC2)c(C)n1Cc1cccs1. The summed E-state index contributed by atoms with van der Waals surface area (Å²) in [5.41, 5.74) is 3.02. The summed E-state index contributed by atoms with van der Waals surface area (Å²) in [7, 11) is 0. The lowest BCUT2D eigenvalue weighted by molar-refractivity contribution is 0.0935. The number of aryl methyl sites for hydroxylation is 1. The number of amides is 1. The summed E-state index contributed by atoms with van der Waals surface area (Å²) in [5, 5.41) is 5.24. The minimum atomic E-state index is 0.0694. The predicted molar refractivity (Wildman–Crippen MR) is 87.0 cm³/mol. The second kappa shape index (κ2) is 5.68. The van der Waals surface area contributed by atoms with E-state index in [0.29, 0.717) is 5.92 Å². The monoisotopic (exact) mass is 302 g/mol. The molecule has 1 N–H and O–H groups in total. The fraction of sp³-hybridized carbons (Fsp3) is 0.471. The number of hydrogen-bond acceptors (Lipinski definition) is 2. The molecular formula is C17H22N2OS. The Bertz CT molecular complexity index is 638. The second-order valence-electron chi connectivity index (χ2n) is 6.05. The summed E-state index contributed by atoms with van der Waals surface area (Å²) in [5.74, 6) is 0.753. The van der Waals surface area contributed by atoms with E-state index in [-0.39, 0.29) is 11.9 Å². The van der Waals surface area contributed by atoms with Crippen molar-refractivity contribution in [2.24, 2.45) is 5.92 Å². The van der Waals surface area contributed by atoms with Crippen LogP contribution in [-0.2, 0) is 6.54 Å². The zero-order valence-corrected chi connectivity index (χ0v) is 13.7. The number of hydrogen-bond donors (Lipinski definition) is 1. The molecule has 0 aliphatic heterocycles. The smallest absolute Gasteiger partial charge is 0.253 e. The van der Waals surface area contributed by atoms with Crippen LogP contribution in [-0.4, -0.2) is 16.5 Å². The molecule has 0 spiro atoms. The number of nitrogens with one attached hydrogen (secondary N) is 1. The minimum absolute atomic E-state index is 0.0694. The second-order valence-corrected chi connectivity index (χ2v) is 7.08. The molecule has 3 nitrogen and oxygen atoms in total. The van der Waals surface area contributed by atoms with Crippen LogP contribution in [0.25, 0.3) is 0 Å². The average molecular weight is 302 g/mol. The summed E-state index contributed by atoms with van der Waals surface area (Å²) >= 11 is 1.75. The molecule has 1 fully saturated rings. The largest absolute Gasteiger partial charge is 0.349 e. The maximum absolute atomic E-state index is 12.5. The Morgan fingerprint density at radius 2 is 2.24 bits per heavy atom. The van der Waals surface area contributed by atoms with E-state index in [2.05, 4.69) is 41.2 Å². The van der Waals surface area contributed by atoms with Crippen molar-refractivity contribution < 1.29 is 4.79 Å². The van der Waals surface area contributed by atoms with Gasteiger partial charge in [0.25, 0.3) is 5.91 Å². The summed E-state index contributed by atoms with van der Waals surface area (Å²) < 4.78 is 2.22. The quantitative estimate of drug-likeness (QED) is 0.897. The van der Waals surface area contributed by atoms with Crippen molar-refractivity contribution in [3.8, 4) is 0 Å².